The van der Waals surface area contributed by atoms with E-state index >= 15 is 4.39 Å². The largest absolute Gasteiger partial charge is 0.465 e. The van der Waals surface area contributed by atoms with Crippen LogP contribution < -0.4 is 4.90 Å². The summed E-state index contributed by atoms with van der Waals surface area (Å²) in [6.45, 7) is 0.0155. The molecular formula is C23H15F2N5O3. The number of aromatic nitrogens is 4. The number of tetrazole rings is 1. The summed E-state index contributed by atoms with van der Waals surface area (Å²) in [5.74, 6) is -2.42. The molecule has 0 spiro atoms. The molecule has 1 aromatic heterocycles. The van der Waals surface area contributed by atoms with Crippen LogP contribution in [0.5, 0.6) is 0 Å². The summed E-state index contributed by atoms with van der Waals surface area (Å²) in [5, 5.41) is 13.5. The fourth-order valence-electron chi connectivity index (χ4n) is 3.83. The Labute approximate surface area is 185 Å². The van der Waals surface area contributed by atoms with Gasteiger partial charge in [-0.1, -0.05) is 24.3 Å². The third-order valence-electron chi connectivity index (χ3n) is 5.49. The maximum absolute atomic E-state index is 15.5. The van der Waals surface area contributed by atoms with Crippen LogP contribution in [0.15, 0.2) is 54.6 Å². The van der Waals surface area contributed by atoms with E-state index < -0.39 is 29.2 Å². The molecule has 0 radical (unpaired) electrons. The zero-order valence-corrected chi connectivity index (χ0v) is 17.2. The van der Waals surface area contributed by atoms with Gasteiger partial charge in [-0.3, -0.25) is 9.69 Å². The van der Waals surface area contributed by atoms with Crippen molar-refractivity contribution in [1.82, 2.24) is 20.6 Å². The molecule has 1 N–H and O–H groups in total. The Morgan fingerprint density at radius 2 is 1.79 bits per heavy atom. The Morgan fingerprint density at radius 1 is 1.03 bits per heavy atom. The number of hydrogen-bond donors (Lipinski definition) is 1. The molecule has 33 heavy (non-hydrogen) atoms. The molecule has 4 aromatic rings. The third-order valence-corrected chi connectivity index (χ3v) is 5.49. The number of benzene rings is 3. The van der Waals surface area contributed by atoms with Gasteiger partial charge in [0.2, 0.25) is 0 Å². The van der Waals surface area contributed by atoms with Crippen molar-refractivity contribution in [3.63, 3.8) is 0 Å². The zero-order valence-electron chi connectivity index (χ0n) is 17.2. The number of ether oxygens (including phenoxy) is 1. The van der Waals surface area contributed by atoms with Gasteiger partial charge in [-0.25, -0.2) is 18.7 Å². The highest BCUT2D eigenvalue weighted by Crippen LogP contribution is 2.37. The molecule has 164 valence electrons. The molecule has 8 nitrogen and oxygen atoms in total. The number of fused-ring (bicyclic) bond motifs is 1. The smallest absolute Gasteiger partial charge is 0.337 e. The normalized spacial score (nSPS) is 12.7. The molecule has 0 atom stereocenters. The van der Waals surface area contributed by atoms with Crippen molar-refractivity contribution in [2.45, 2.75) is 6.54 Å². The van der Waals surface area contributed by atoms with Crippen molar-refractivity contribution in [2.24, 2.45) is 0 Å². The van der Waals surface area contributed by atoms with Crippen LogP contribution in [0.3, 0.4) is 0 Å². The molecule has 0 unspecified atom stereocenters. The van der Waals surface area contributed by atoms with E-state index in [1.165, 1.54) is 37.4 Å². The topological polar surface area (TPSA) is 101 Å². The number of anilines is 1. The minimum Gasteiger partial charge on any atom is -0.465 e. The number of carbonyl (C=O) groups excluding carboxylic acids is 2. The summed E-state index contributed by atoms with van der Waals surface area (Å²) in [7, 11) is 1.26. The van der Waals surface area contributed by atoms with Gasteiger partial charge < -0.3 is 4.74 Å². The Kier molecular flexibility index (Phi) is 4.89. The first-order valence-electron chi connectivity index (χ1n) is 9.83. The summed E-state index contributed by atoms with van der Waals surface area (Å²) in [4.78, 5) is 25.8. The second-order valence-corrected chi connectivity index (χ2v) is 7.34. The van der Waals surface area contributed by atoms with E-state index in [2.05, 4.69) is 25.4 Å². The van der Waals surface area contributed by atoms with Crippen molar-refractivity contribution in [3.8, 4) is 22.5 Å². The van der Waals surface area contributed by atoms with Crippen molar-refractivity contribution in [3.05, 3.63) is 82.9 Å². The molecule has 5 rings (SSSR count). The Morgan fingerprint density at radius 3 is 2.48 bits per heavy atom. The molecular weight excluding hydrogens is 432 g/mol. The predicted molar refractivity (Wildman–Crippen MR) is 113 cm³/mol. The van der Waals surface area contributed by atoms with Crippen LogP contribution in [0.2, 0.25) is 0 Å². The number of rotatable bonds is 4. The van der Waals surface area contributed by atoms with E-state index in [4.69, 9.17) is 0 Å². The zero-order chi connectivity index (χ0) is 23.1. The number of carbonyl (C=O) groups is 2. The lowest BCUT2D eigenvalue weighted by atomic mass is 10.0. The summed E-state index contributed by atoms with van der Waals surface area (Å²) in [6, 6.07) is 13.5. The highest BCUT2D eigenvalue weighted by atomic mass is 19.1. The van der Waals surface area contributed by atoms with E-state index in [1.807, 2.05) is 0 Å². The molecule has 1 amide bonds. The maximum atomic E-state index is 15.5. The molecule has 1 aliphatic heterocycles. The van der Waals surface area contributed by atoms with E-state index in [0.29, 0.717) is 33.6 Å². The number of nitrogens with one attached hydrogen (secondary N) is 1. The van der Waals surface area contributed by atoms with Crippen molar-refractivity contribution in [1.29, 1.82) is 0 Å². The van der Waals surface area contributed by atoms with Crippen molar-refractivity contribution < 1.29 is 23.1 Å². The van der Waals surface area contributed by atoms with Gasteiger partial charge >= 0.3 is 5.97 Å². The van der Waals surface area contributed by atoms with Crippen LogP contribution in [-0.2, 0) is 11.3 Å². The fraction of sp³-hybridized carbons (Fsp3) is 0.0870. The Hall–Kier alpha value is -4.47. The van der Waals surface area contributed by atoms with Gasteiger partial charge in [-0.2, -0.15) is 0 Å². The highest BCUT2D eigenvalue weighted by molar-refractivity contribution is 6.11. The van der Waals surface area contributed by atoms with Gasteiger partial charge in [-0.05, 0) is 51.9 Å². The van der Waals surface area contributed by atoms with Crippen LogP contribution in [0, 0.1) is 11.6 Å². The van der Waals surface area contributed by atoms with Crippen LogP contribution >= 0.6 is 0 Å². The quantitative estimate of drug-likeness (QED) is 0.478. The minimum atomic E-state index is -0.873. The minimum absolute atomic E-state index is 0.0155. The second kappa shape index (κ2) is 7.90. The number of H-pyrrole nitrogens is 1. The SMILES string of the molecule is COC(=O)c1ccc(-c2ccc(F)c(N3Cc4ccc(-c5nnn[nH]5)cc4C3=O)c2F)cc1. The molecule has 0 fully saturated rings. The maximum Gasteiger partial charge on any atom is 0.337 e. The van der Waals surface area contributed by atoms with Crippen LogP contribution in [0.4, 0.5) is 14.5 Å². The lowest BCUT2D eigenvalue weighted by Crippen LogP contribution is -2.25. The summed E-state index contributed by atoms with van der Waals surface area (Å²) < 4.78 is 35.0. The average Bonchev–Trinajstić information content (AvgIpc) is 3.48. The van der Waals surface area contributed by atoms with E-state index in [-0.39, 0.29) is 12.1 Å². The Balaban J connectivity index is 1.52. The number of esters is 1. The number of aromatic amines is 1. The van der Waals surface area contributed by atoms with Crippen LogP contribution in [0.1, 0.15) is 26.3 Å². The number of hydrogen-bond acceptors (Lipinski definition) is 6. The van der Waals surface area contributed by atoms with Crippen LogP contribution in [-0.4, -0.2) is 39.6 Å². The van der Waals surface area contributed by atoms with Gasteiger partial charge in [0.05, 0.1) is 19.2 Å². The van der Waals surface area contributed by atoms with Crippen molar-refractivity contribution in [2.75, 3.05) is 12.0 Å². The number of nitrogens with zero attached hydrogens (tertiary/aromatic N) is 4. The molecule has 10 heteroatoms. The molecule has 0 bridgehead atoms. The number of halogens is 2. The van der Waals surface area contributed by atoms with Gasteiger partial charge in [-0.15, -0.1) is 5.10 Å². The van der Waals surface area contributed by atoms with E-state index in [9.17, 15) is 14.0 Å². The standard InChI is InChI=1S/C23H15F2N5O3/c1-33-23(32)13-4-2-12(3-5-13)16-8-9-18(24)20(19(16)25)30-11-15-7-6-14(10-17(15)22(30)31)21-26-28-29-27-21/h2-10H,11H2,1H3,(H,26,27,28,29). The molecule has 3 aromatic carbocycles. The lowest BCUT2D eigenvalue weighted by Gasteiger charge is -2.19. The first kappa shape index (κ1) is 20.4. The first-order valence-corrected chi connectivity index (χ1v) is 9.83. The number of methoxy groups -OCH3 is 1. The molecule has 0 saturated heterocycles. The number of amides is 1. The summed E-state index contributed by atoms with van der Waals surface area (Å²) in [5.41, 5.74) is 1.90. The van der Waals surface area contributed by atoms with E-state index in [1.54, 1.807) is 18.2 Å². The molecule has 0 aliphatic carbocycles. The van der Waals surface area contributed by atoms with Crippen molar-refractivity contribution >= 4 is 17.6 Å². The average molecular weight is 447 g/mol. The highest BCUT2D eigenvalue weighted by Gasteiger charge is 2.33. The molecule has 0 saturated carbocycles. The molecule has 1 aliphatic rings. The van der Waals surface area contributed by atoms with Crippen LogP contribution in [0.25, 0.3) is 22.5 Å². The third kappa shape index (κ3) is 3.41. The summed E-state index contributed by atoms with van der Waals surface area (Å²) in [6.07, 6.45) is 0. The monoisotopic (exact) mass is 447 g/mol. The Bertz CT molecular complexity index is 1390. The summed E-state index contributed by atoms with van der Waals surface area (Å²) >= 11 is 0. The molecule has 2 heterocycles. The van der Waals surface area contributed by atoms with E-state index in [0.717, 1.165) is 11.0 Å². The van der Waals surface area contributed by atoms with Gasteiger partial charge in [0, 0.05) is 16.7 Å². The van der Waals surface area contributed by atoms with Gasteiger partial charge in [0.15, 0.2) is 11.6 Å². The van der Waals surface area contributed by atoms with Gasteiger partial charge in [0.1, 0.15) is 11.5 Å². The second-order valence-electron chi connectivity index (χ2n) is 7.34. The fourth-order valence-corrected chi connectivity index (χ4v) is 3.83. The van der Waals surface area contributed by atoms with Gasteiger partial charge in [0.25, 0.3) is 5.91 Å². The lowest BCUT2D eigenvalue weighted by molar-refractivity contribution is 0.0600. The first-order chi connectivity index (χ1) is 16.0. The predicted octanol–water partition coefficient (Wildman–Crippen LogP) is 3.76.